The Hall–Kier alpha value is -2.00. The molecule has 3 nitrogen and oxygen atoms in total. The third-order valence-corrected chi connectivity index (χ3v) is 9.54. The van der Waals surface area contributed by atoms with E-state index in [-0.39, 0.29) is 17.1 Å². The lowest BCUT2D eigenvalue weighted by Crippen LogP contribution is -2.67. The minimum Gasteiger partial charge on any atom is -0.485 e. The van der Waals surface area contributed by atoms with Gasteiger partial charge in [0.2, 0.25) is 0 Å². The van der Waals surface area contributed by atoms with Crippen molar-refractivity contribution in [1.82, 2.24) is 0 Å². The van der Waals surface area contributed by atoms with Crippen LogP contribution in [-0.2, 0) is 10.2 Å². The summed E-state index contributed by atoms with van der Waals surface area (Å²) < 4.78 is 13.1. The molecular formula is C29H41NO2. The number of nitrogens with one attached hydrogen (secondary N) is 1. The molecule has 2 heterocycles. The highest BCUT2D eigenvalue weighted by atomic mass is 16.5. The Bertz CT molecular complexity index is 1160. The van der Waals surface area contributed by atoms with E-state index in [0.29, 0.717) is 0 Å². The van der Waals surface area contributed by atoms with Gasteiger partial charge in [0.1, 0.15) is 11.9 Å². The molecule has 4 rings (SSSR count). The predicted molar refractivity (Wildman–Crippen MR) is 135 cm³/mol. The average molecular weight is 436 g/mol. The van der Waals surface area contributed by atoms with Crippen LogP contribution in [0.5, 0.6) is 5.75 Å². The van der Waals surface area contributed by atoms with Crippen molar-refractivity contribution in [2.24, 2.45) is 0 Å². The van der Waals surface area contributed by atoms with E-state index in [4.69, 9.17) is 9.47 Å². The Kier molecular flexibility index (Phi) is 4.89. The summed E-state index contributed by atoms with van der Waals surface area (Å²) in [4.78, 5) is 0. The molecule has 0 bridgehead atoms. The first-order chi connectivity index (χ1) is 14.6. The van der Waals surface area contributed by atoms with Gasteiger partial charge in [-0.3, -0.25) is 0 Å². The summed E-state index contributed by atoms with van der Waals surface area (Å²) in [5, 5.41) is 3.90. The van der Waals surface area contributed by atoms with Gasteiger partial charge in [0, 0.05) is 29.3 Å². The van der Waals surface area contributed by atoms with Gasteiger partial charge in [-0.1, -0.05) is 13.8 Å². The van der Waals surface area contributed by atoms with Crippen LogP contribution in [0.2, 0.25) is 0 Å². The Morgan fingerprint density at radius 3 is 1.84 bits per heavy atom. The van der Waals surface area contributed by atoms with E-state index in [2.05, 4.69) is 88.4 Å². The minimum atomic E-state index is -0.406. The second-order valence-electron chi connectivity index (χ2n) is 11.4. The van der Waals surface area contributed by atoms with Crippen molar-refractivity contribution in [2.75, 3.05) is 12.4 Å². The fraction of sp³-hybridized carbons (Fsp3) is 0.586. The Balaban J connectivity index is 2.22. The summed E-state index contributed by atoms with van der Waals surface area (Å²) in [7, 11) is 1.85. The van der Waals surface area contributed by atoms with E-state index in [9.17, 15) is 0 Å². The molecule has 0 aliphatic carbocycles. The van der Waals surface area contributed by atoms with Gasteiger partial charge >= 0.3 is 0 Å². The number of fused-ring (bicyclic) bond motifs is 5. The number of hydrogen-bond donors (Lipinski definition) is 1. The summed E-state index contributed by atoms with van der Waals surface area (Å²) in [5.74, 6) is 1.06. The SMILES string of the molecule is COC1(C)C(C)(C)Nc2c(C)c(C)c3c(c2C1(C)C)C(C)Oc1c(C)c(C)c(C)c(C)c1-3. The number of hydrogen-bond acceptors (Lipinski definition) is 3. The molecule has 1 N–H and O–H groups in total. The first-order valence-electron chi connectivity index (χ1n) is 11.9. The van der Waals surface area contributed by atoms with Crippen LogP contribution in [-0.4, -0.2) is 18.2 Å². The number of rotatable bonds is 1. The van der Waals surface area contributed by atoms with Gasteiger partial charge in [-0.25, -0.2) is 0 Å². The monoisotopic (exact) mass is 435 g/mol. The molecule has 32 heavy (non-hydrogen) atoms. The molecule has 0 aromatic heterocycles. The summed E-state index contributed by atoms with van der Waals surface area (Å²) in [5.41, 5.74) is 13.6. The number of methoxy groups -OCH3 is 1. The number of anilines is 1. The zero-order chi connectivity index (χ0) is 24.1. The zero-order valence-electron chi connectivity index (χ0n) is 22.4. The molecule has 2 aromatic rings. The Labute approximate surface area is 194 Å². The molecule has 2 unspecified atom stereocenters. The van der Waals surface area contributed by atoms with Crippen LogP contribution in [0.4, 0.5) is 5.69 Å². The van der Waals surface area contributed by atoms with E-state index in [1.165, 1.54) is 61.3 Å². The normalized spacial score (nSPS) is 24.7. The second-order valence-corrected chi connectivity index (χ2v) is 11.4. The first-order valence-corrected chi connectivity index (χ1v) is 11.9. The average Bonchev–Trinajstić information content (AvgIpc) is 2.72. The molecule has 2 aromatic carbocycles. The lowest BCUT2D eigenvalue weighted by atomic mass is 9.57. The van der Waals surface area contributed by atoms with Crippen LogP contribution in [0.1, 0.15) is 92.2 Å². The van der Waals surface area contributed by atoms with Crippen LogP contribution in [0.15, 0.2) is 0 Å². The van der Waals surface area contributed by atoms with Crippen LogP contribution in [0.3, 0.4) is 0 Å². The molecule has 3 heteroatoms. The molecule has 0 saturated heterocycles. The molecule has 2 atom stereocenters. The summed E-state index contributed by atoms with van der Waals surface area (Å²) in [6, 6.07) is 0. The van der Waals surface area contributed by atoms with Gasteiger partial charge in [-0.15, -0.1) is 0 Å². The standard InChI is InChI=1S/C29H41NO2/c1-14-15(2)19(6)26-22(16(14)3)21-17(4)18(5)25-24(23(21)20(7)32-26)27(8,9)29(12,31-13)28(10,11)30-25/h20,30H,1-13H3. The largest absolute Gasteiger partial charge is 0.485 e. The highest BCUT2D eigenvalue weighted by Crippen LogP contribution is 2.59. The van der Waals surface area contributed by atoms with Crippen molar-refractivity contribution in [3.8, 4) is 16.9 Å². The van der Waals surface area contributed by atoms with E-state index >= 15 is 0 Å². The second kappa shape index (κ2) is 6.76. The van der Waals surface area contributed by atoms with Gasteiger partial charge < -0.3 is 14.8 Å². The quantitative estimate of drug-likeness (QED) is 0.502. The minimum absolute atomic E-state index is 0.0332. The maximum atomic E-state index is 6.75. The van der Waals surface area contributed by atoms with E-state index in [1.54, 1.807) is 0 Å². The van der Waals surface area contributed by atoms with E-state index in [0.717, 1.165) is 5.75 Å². The van der Waals surface area contributed by atoms with Crippen molar-refractivity contribution >= 4 is 5.69 Å². The van der Waals surface area contributed by atoms with Crippen molar-refractivity contribution < 1.29 is 9.47 Å². The topological polar surface area (TPSA) is 30.5 Å². The summed E-state index contributed by atoms with van der Waals surface area (Å²) in [6.45, 7) is 27.1. The predicted octanol–water partition coefficient (Wildman–Crippen LogP) is 7.54. The maximum Gasteiger partial charge on any atom is 0.131 e. The van der Waals surface area contributed by atoms with Crippen LogP contribution in [0.25, 0.3) is 11.1 Å². The van der Waals surface area contributed by atoms with Crippen molar-refractivity contribution in [2.45, 2.75) is 106 Å². The highest BCUT2D eigenvalue weighted by molar-refractivity contribution is 5.89. The first kappa shape index (κ1) is 23.2. The molecule has 2 aliphatic heterocycles. The van der Waals surface area contributed by atoms with Gasteiger partial charge in [0.05, 0.1) is 11.1 Å². The molecule has 0 radical (unpaired) electrons. The number of benzene rings is 2. The molecule has 2 aliphatic rings. The molecule has 0 fully saturated rings. The lowest BCUT2D eigenvalue weighted by Gasteiger charge is -2.59. The van der Waals surface area contributed by atoms with Gasteiger partial charge in [0.25, 0.3) is 0 Å². The van der Waals surface area contributed by atoms with E-state index in [1.807, 2.05) is 7.11 Å². The third kappa shape index (κ3) is 2.52. The van der Waals surface area contributed by atoms with Crippen LogP contribution < -0.4 is 10.1 Å². The molecular weight excluding hydrogens is 394 g/mol. The third-order valence-electron chi connectivity index (χ3n) is 9.54. The Morgan fingerprint density at radius 2 is 1.28 bits per heavy atom. The Morgan fingerprint density at radius 1 is 0.750 bits per heavy atom. The van der Waals surface area contributed by atoms with Crippen molar-refractivity contribution in [3.63, 3.8) is 0 Å². The van der Waals surface area contributed by atoms with Gasteiger partial charge in [-0.05, 0) is 114 Å². The highest BCUT2D eigenvalue weighted by Gasteiger charge is 2.58. The van der Waals surface area contributed by atoms with Crippen LogP contribution in [0, 0.1) is 41.5 Å². The van der Waals surface area contributed by atoms with E-state index < -0.39 is 5.60 Å². The molecule has 0 saturated carbocycles. The summed E-state index contributed by atoms with van der Waals surface area (Å²) in [6.07, 6.45) is -0.0332. The molecule has 0 spiro atoms. The van der Waals surface area contributed by atoms with Crippen molar-refractivity contribution in [1.29, 1.82) is 0 Å². The zero-order valence-corrected chi connectivity index (χ0v) is 22.4. The number of ether oxygens (including phenoxy) is 2. The smallest absolute Gasteiger partial charge is 0.131 e. The molecule has 0 amide bonds. The fourth-order valence-corrected chi connectivity index (χ4v) is 6.48. The maximum absolute atomic E-state index is 6.75. The fourth-order valence-electron chi connectivity index (χ4n) is 6.48. The summed E-state index contributed by atoms with van der Waals surface area (Å²) >= 11 is 0. The van der Waals surface area contributed by atoms with Gasteiger partial charge in [0.15, 0.2) is 0 Å². The lowest BCUT2D eigenvalue weighted by molar-refractivity contribution is -0.0941. The van der Waals surface area contributed by atoms with Crippen LogP contribution >= 0.6 is 0 Å². The van der Waals surface area contributed by atoms with Crippen molar-refractivity contribution in [3.05, 3.63) is 44.5 Å². The van der Waals surface area contributed by atoms with Gasteiger partial charge in [-0.2, -0.15) is 0 Å². The molecule has 174 valence electrons.